The Hall–Kier alpha value is -1.49. The molecule has 5 heteroatoms. The summed E-state index contributed by atoms with van der Waals surface area (Å²) in [5.41, 5.74) is 2.59. The summed E-state index contributed by atoms with van der Waals surface area (Å²) >= 11 is 1.46. The molecular formula is C9H8N2O2S. The summed E-state index contributed by atoms with van der Waals surface area (Å²) in [6, 6.07) is 0. The van der Waals surface area contributed by atoms with Crippen molar-refractivity contribution in [2.24, 2.45) is 0 Å². The molecule has 0 atom stereocenters. The molecule has 1 aliphatic heterocycles. The van der Waals surface area contributed by atoms with Crippen LogP contribution in [0.2, 0.25) is 0 Å². The monoisotopic (exact) mass is 208 g/mol. The van der Waals surface area contributed by atoms with Crippen LogP contribution < -0.4 is 0 Å². The van der Waals surface area contributed by atoms with Crippen molar-refractivity contribution in [1.82, 2.24) is 9.88 Å². The molecule has 0 aliphatic carbocycles. The van der Waals surface area contributed by atoms with Crippen molar-refractivity contribution >= 4 is 23.2 Å². The molecule has 0 saturated heterocycles. The van der Waals surface area contributed by atoms with E-state index in [0.29, 0.717) is 6.54 Å². The van der Waals surface area contributed by atoms with Crippen LogP contribution in [0, 0.1) is 6.92 Å². The van der Waals surface area contributed by atoms with Crippen molar-refractivity contribution in [2.75, 3.05) is 0 Å². The van der Waals surface area contributed by atoms with Crippen LogP contribution >= 0.6 is 11.3 Å². The summed E-state index contributed by atoms with van der Waals surface area (Å²) in [6.45, 7) is 2.20. The molecule has 0 radical (unpaired) electrons. The number of carbonyl (C=O) groups is 2. The quantitative estimate of drug-likeness (QED) is 0.678. The fourth-order valence-corrected chi connectivity index (χ4v) is 1.97. The van der Waals surface area contributed by atoms with E-state index in [1.165, 1.54) is 28.4 Å². The first-order chi connectivity index (χ1) is 6.68. The zero-order chi connectivity index (χ0) is 10.1. The number of hydrogen-bond acceptors (Lipinski definition) is 4. The molecule has 0 bridgehead atoms. The molecule has 2 rings (SSSR count). The minimum absolute atomic E-state index is 0.247. The SMILES string of the molecule is Cc1ncsc1CN1C(=O)C=CC1=O. The zero-order valence-electron chi connectivity index (χ0n) is 7.56. The van der Waals surface area contributed by atoms with Crippen LogP contribution in [0.5, 0.6) is 0 Å². The van der Waals surface area contributed by atoms with E-state index in [1.54, 1.807) is 5.51 Å². The molecule has 4 nitrogen and oxygen atoms in total. The van der Waals surface area contributed by atoms with Crippen molar-refractivity contribution in [1.29, 1.82) is 0 Å². The molecule has 14 heavy (non-hydrogen) atoms. The Bertz CT molecular complexity index is 404. The van der Waals surface area contributed by atoms with E-state index in [1.807, 2.05) is 6.92 Å². The maximum absolute atomic E-state index is 11.2. The van der Waals surface area contributed by atoms with Crippen LogP contribution in [0.25, 0.3) is 0 Å². The van der Waals surface area contributed by atoms with Gasteiger partial charge < -0.3 is 0 Å². The number of hydrogen-bond donors (Lipinski definition) is 0. The van der Waals surface area contributed by atoms with E-state index in [-0.39, 0.29) is 11.8 Å². The van der Waals surface area contributed by atoms with E-state index in [4.69, 9.17) is 0 Å². The van der Waals surface area contributed by atoms with Gasteiger partial charge in [-0.1, -0.05) is 0 Å². The first-order valence-electron chi connectivity index (χ1n) is 4.11. The van der Waals surface area contributed by atoms with Gasteiger partial charge in [-0.2, -0.15) is 0 Å². The molecule has 0 saturated carbocycles. The van der Waals surface area contributed by atoms with E-state index >= 15 is 0 Å². The Morgan fingerprint density at radius 1 is 1.36 bits per heavy atom. The van der Waals surface area contributed by atoms with Gasteiger partial charge in [0.2, 0.25) is 0 Å². The largest absolute Gasteiger partial charge is 0.270 e. The van der Waals surface area contributed by atoms with E-state index in [9.17, 15) is 9.59 Å². The number of imide groups is 1. The molecule has 2 heterocycles. The number of amides is 2. The molecule has 0 spiro atoms. The number of nitrogens with zero attached hydrogens (tertiary/aromatic N) is 2. The third kappa shape index (κ3) is 1.46. The molecule has 0 N–H and O–H groups in total. The van der Waals surface area contributed by atoms with Crippen molar-refractivity contribution in [3.05, 3.63) is 28.2 Å². The highest BCUT2D eigenvalue weighted by Gasteiger charge is 2.24. The van der Waals surface area contributed by atoms with Gasteiger partial charge in [-0.3, -0.25) is 14.5 Å². The topological polar surface area (TPSA) is 50.3 Å². The van der Waals surface area contributed by atoms with Crippen LogP contribution in [0.1, 0.15) is 10.6 Å². The second kappa shape index (κ2) is 3.34. The van der Waals surface area contributed by atoms with Gasteiger partial charge in [0.1, 0.15) is 0 Å². The maximum atomic E-state index is 11.2. The van der Waals surface area contributed by atoms with Gasteiger partial charge in [-0.15, -0.1) is 11.3 Å². The Labute approximate surface area is 84.9 Å². The fraction of sp³-hybridized carbons (Fsp3) is 0.222. The number of aryl methyl sites for hydroxylation is 1. The number of aromatic nitrogens is 1. The predicted octanol–water partition coefficient (Wildman–Crippen LogP) is 0.877. The Morgan fingerprint density at radius 2 is 2.00 bits per heavy atom. The number of thiazole rings is 1. The highest BCUT2D eigenvalue weighted by Crippen LogP contribution is 2.17. The maximum Gasteiger partial charge on any atom is 0.253 e. The second-order valence-electron chi connectivity index (χ2n) is 2.96. The molecule has 1 aliphatic rings. The van der Waals surface area contributed by atoms with Crippen molar-refractivity contribution in [2.45, 2.75) is 13.5 Å². The van der Waals surface area contributed by atoms with Crippen molar-refractivity contribution in [3.63, 3.8) is 0 Å². The minimum atomic E-state index is -0.247. The Morgan fingerprint density at radius 3 is 2.50 bits per heavy atom. The minimum Gasteiger partial charge on any atom is -0.270 e. The lowest BCUT2D eigenvalue weighted by Crippen LogP contribution is -2.29. The van der Waals surface area contributed by atoms with Gasteiger partial charge in [0.15, 0.2) is 0 Å². The Kier molecular flexibility index (Phi) is 2.17. The normalized spacial score (nSPS) is 15.6. The van der Waals surface area contributed by atoms with E-state index in [2.05, 4.69) is 4.98 Å². The fourth-order valence-electron chi connectivity index (χ4n) is 1.21. The summed E-state index contributed by atoms with van der Waals surface area (Å²) in [5, 5.41) is 0. The first kappa shape index (κ1) is 9.08. The predicted molar refractivity (Wildman–Crippen MR) is 51.5 cm³/mol. The highest BCUT2D eigenvalue weighted by molar-refractivity contribution is 7.09. The second-order valence-corrected chi connectivity index (χ2v) is 3.90. The van der Waals surface area contributed by atoms with E-state index in [0.717, 1.165) is 10.6 Å². The van der Waals surface area contributed by atoms with Crippen LogP contribution in [0.15, 0.2) is 17.7 Å². The van der Waals surface area contributed by atoms with Crippen LogP contribution in [-0.4, -0.2) is 21.7 Å². The average molecular weight is 208 g/mol. The van der Waals surface area contributed by atoms with Gasteiger partial charge in [-0.25, -0.2) is 4.98 Å². The van der Waals surface area contributed by atoms with E-state index < -0.39 is 0 Å². The van der Waals surface area contributed by atoms with Gasteiger partial charge in [-0.05, 0) is 6.92 Å². The van der Waals surface area contributed by atoms with Gasteiger partial charge in [0.05, 0.1) is 17.7 Å². The summed E-state index contributed by atoms with van der Waals surface area (Å²) in [7, 11) is 0. The number of carbonyl (C=O) groups excluding carboxylic acids is 2. The molecule has 0 fully saturated rings. The van der Waals surface area contributed by atoms with Crippen LogP contribution in [0.3, 0.4) is 0 Å². The van der Waals surface area contributed by atoms with Gasteiger partial charge in [0, 0.05) is 17.0 Å². The summed E-state index contributed by atoms with van der Waals surface area (Å²) in [6.07, 6.45) is 2.58. The molecule has 0 aromatic carbocycles. The summed E-state index contributed by atoms with van der Waals surface area (Å²) < 4.78 is 0. The van der Waals surface area contributed by atoms with Gasteiger partial charge in [0.25, 0.3) is 11.8 Å². The number of rotatable bonds is 2. The Balaban J connectivity index is 2.16. The van der Waals surface area contributed by atoms with Crippen molar-refractivity contribution < 1.29 is 9.59 Å². The molecule has 1 aromatic rings. The lowest BCUT2D eigenvalue weighted by molar-refractivity contribution is -0.137. The standard InChI is InChI=1S/C9H8N2O2S/c1-6-7(14-5-10-6)4-11-8(12)2-3-9(11)13/h2-3,5H,4H2,1H3. The van der Waals surface area contributed by atoms with Crippen molar-refractivity contribution in [3.8, 4) is 0 Å². The smallest absolute Gasteiger partial charge is 0.253 e. The average Bonchev–Trinajstić information content (AvgIpc) is 2.67. The molecule has 0 unspecified atom stereocenters. The van der Waals surface area contributed by atoms with Crippen LogP contribution in [0.4, 0.5) is 0 Å². The molecular weight excluding hydrogens is 200 g/mol. The lowest BCUT2D eigenvalue weighted by atomic mass is 10.3. The third-order valence-corrected chi connectivity index (χ3v) is 2.97. The zero-order valence-corrected chi connectivity index (χ0v) is 8.37. The molecule has 72 valence electrons. The highest BCUT2D eigenvalue weighted by atomic mass is 32.1. The first-order valence-corrected chi connectivity index (χ1v) is 4.99. The van der Waals surface area contributed by atoms with Crippen LogP contribution in [-0.2, 0) is 16.1 Å². The summed E-state index contributed by atoms with van der Waals surface area (Å²) in [5.74, 6) is -0.495. The van der Waals surface area contributed by atoms with Gasteiger partial charge >= 0.3 is 0 Å². The third-order valence-electron chi connectivity index (χ3n) is 2.05. The molecule has 2 amide bonds. The summed E-state index contributed by atoms with van der Waals surface area (Å²) in [4.78, 5) is 28.7. The lowest BCUT2D eigenvalue weighted by Gasteiger charge is -2.12. The molecule has 1 aromatic heterocycles.